The van der Waals surface area contributed by atoms with Gasteiger partial charge in [0.05, 0.1) is 25.9 Å². The van der Waals surface area contributed by atoms with Gasteiger partial charge in [-0.05, 0) is 48.9 Å². The molecule has 0 radical (unpaired) electrons. The van der Waals surface area contributed by atoms with Gasteiger partial charge in [-0.2, -0.15) is 0 Å². The molecule has 24 nitrogen and oxygen atoms in total. The predicted molar refractivity (Wildman–Crippen MR) is 202 cm³/mol. The Morgan fingerprint density at radius 1 is 0.571 bits per heavy atom. The van der Waals surface area contributed by atoms with Crippen LogP contribution >= 0.6 is 0 Å². The predicted octanol–water partition coefficient (Wildman–Crippen LogP) is -5.76. The monoisotopic (exact) mass is 902 g/mol. The van der Waals surface area contributed by atoms with Crippen molar-refractivity contribution < 1.29 is 114 Å². The number of phenols is 2. The van der Waals surface area contributed by atoms with Crippen LogP contribution < -0.4 is 10.2 Å². The van der Waals surface area contributed by atoms with E-state index in [2.05, 4.69) is 0 Å². The first-order valence-corrected chi connectivity index (χ1v) is 19.8. The lowest BCUT2D eigenvalue weighted by molar-refractivity contribution is -0.350. The van der Waals surface area contributed by atoms with E-state index in [4.69, 9.17) is 37.6 Å². The zero-order chi connectivity index (χ0) is 45.8. The number of hydrogen-bond acceptors (Lipinski definition) is 24. The van der Waals surface area contributed by atoms with E-state index in [9.17, 15) is 81.4 Å². The van der Waals surface area contributed by atoms with E-state index in [1.807, 2.05) is 0 Å². The standard InChI is InChI=1S/C39H50O24/c1-11-21(45)34(61-37-29(53)26(50)22(46)18(9-41)59-37)31(55)39(56-11)62-35-25(49)20-15(44)6-13(7-16(20)57-32(35)12-2-4-14(43)5-3-12)33-36(28(52)24(48)17(8-40)58-33)63-38-30(54)27(51)23(47)19(10-42)60-38/h2-7,11,17-19,21-24,26-31,33-34,36-48,50-55H,8-10H2,1H3/t11-,17+,18+,19+,21-,22+,23+,24+,26-,27-,28-,29+,30+,31+,33-,34+,36+,37-,38-,39-/m0/s1. The third-order valence-electron chi connectivity index (χ3n) is 11.6. The summed E-state index contributed by atoms with van der Waals surface area (Å²) in [6, 6.07) is 7.21. The van der Waals surface area contributed by atoms with Gasteiger partial charge in [-0.25, -0.2) is 0 Å². The normalized spacial score (nSPS) is 41.1. The SMILES string of the molecule is C[C@@H]1O[C@@H](Oc2c(-c3ccc(O)cc3)oc3cc([C@@H]4O[C@H](CO)[C@@H](O)[C@H](O)[C@H]4O[C@@H]4O[C@H](CO)[C@@H](O)[C@H](O)[C@H]4O)cc(O)c3c2=O)[C@H](O)[C@H](O[C@@H]2O[C@H](CO)[C@@H](O)[C@H](O)[C@H]2O)[C@H]1O. The molecule has 350 valence electrons. The molecule has 3 aromatic rings. The number of ether oxygens (including phenoxy) is 7. The summed E-state index contributed by atoms with van der Waals surface area (Å²) in [5.74, 6) is -2.11. The first-order chi connectivity index (χ1) is 29.9. The van der Waals surface area contributed by atoms with Crippen LogP contribution in [0.15, 0.2) is 45.6 Å². The summed E-state index contributed by atoms with van der Waals surface area (Å²) in [5.41, 5.74) is -1.54. The second kappa shape index (κ2) is 19.0. The van der Waals surface area contributed by atoms with Crippen LogP contribution in [-0.2, 0) is 28.4 Å². The van der Waals surface area contributed by atoms with Crippen molar-refractivity contribution in [3.8, 4) is 28.6 Å². The molecule has 0 saturated carbocycles. The molecule has 63 heavy (non-hydrogen) atoms. The molecule has 5 heterocycles. The number of hydrogen-bond donors (Lipinski definition) is 15. The minimum absolute atomic E-state index is 0.0656. The Morgan fingerprint density at radius 2 is 1.10 bits per heavy atom. The molecular weight excluding hydrogens is 852 g/mol. The van der Waals surface area contributed by atoms with Crippen molar-refractivity contribution in [2.75, 3.05) is 19.8 Å². The molecule has 4 aliphatic rings. The molecule has 2 aromatic carbocycles. The van der Waals surface area contributed by atoms with Gasteiger partial charge in [-0.1, -0.05) is 0 Å². The summed E-state index contributed by atoms with van der Waals surface area (Å²) in [7, 11) is 0. The van der Waals surface area contributed by atoms with E-state index < -0.39 is 171 Å². The Morgan fingerprint density at radius 3 is 1.65 bits per heavy atom. The van der Waals surface area contributed by atoms with Gasteiger partial charge in [-0.3, -0.25) is 4.79 Å². The molecule has 7 rings (SSSR count). The maximum atomic E-state index is 14.5. The molecule has 15 N–H and O–H groups in total. The zero-order valence-corrected chi connectivity index (χ0v) is 33.0. The van der Waals surface area contributed by atoms with E-state index in [0.29, 0.717) is 0 Å². The molecule has 0 amide bonds. The molecule has 4 aliphatic heterocycles. The smallest absolute Gasteiger partial charge is 0.239 e. The molecule has 24 heteroatoms. The summed E-state index contributed by atoms with van der Waals surface area (Å²) in [5, 5.41) is 157. The van der Waals surface area contributed by atoms with Crippen molar-refractivity contribution in [3.63, 3.8) is 0 Å². The van der Waals surface area contributed by atoms with E-state index >= 15 is 0 Å². The molecule has 1 aromatic heterocycles. The lowest BCUT2D eigenvalue weighted by atomic mass is 9.90. The average Bonchev–Trinajstić information content (AvgIpc) is 3.26. The second-order valence-corrected chi connectivity index (χ2v) is 15.7. The number of aliphatic hydroxyl groups is 13. The van der Waals surface area contributed by atoms with Crippen molar-refractivity contribution in [1.82, 2.24) is 0 Å². The number of phenolic OH excluding ortho intramolecular Hbond substituents is 2. The summed E-state index contributed by atoms with van der Waals surface area (Å²) in [6.07, 6.45) is -34.9. The first-order valence-electron chi connectivity index (χ1n) is 19.8. The Bertz CT molecular complexity index is 2080. The summed E-state index contributed by atoms with van der Waals surface area (Å²) >= 11 is 0. The van der Waals surface area contributed by atoms with Crippen LogP contribution in [0.25, 0.3) is 22.3 Å². The van der Waals surface area contributed by atoms with Crippen molar-refractivity contribution >= 4 is 11.0 Å². The Labute approximate surface area is 355 Å². The zero-order valence-electron chi connectivity index (χ0n) is 33.0. The van der Waals surface area contributed by atoms with Gasteiger partial charge in [0.25, 0.3) is 0 Å². The van der Waals surface area contributed by atoms with Crippen LogP contribution in [0, 0.1) is 0 Å². The van der Waals surface area contributed by atoms with Crippen LogP contribution in [0.4, 0.5) is 0 Å². The molecule has 20 atom stereocenters. The van der Waals surface area contributed by atoms with Crippen LogP contribution in [0.1, 0.15) is 18.6 Å². The van der Waals surface area contributed by atoms with Crippen LogP contribution in [-0.4, -0.2) is 213 Å². The molecule has 0 aliphatic carbocycles. The second-order valence-electron chi connectivity index (χ2n) is 15.7. The summed E-state index contributed by atoms with van der Waals surface area (Å²) < 4.78 is 46.1. The topological polar surface area (TPSA) is 398 Å². The number of aliphatic hydroxyl groups excluding tert-OH is 13. The maximum absolute atomic E-state index is 14.5. The van der Waals surface area contributed by atoms with Crippen molar-refractivity contribution in [1.29, 1.82) is 0 Å². The summed E-state index contributed by atoms with van der Waals surface area (Å²) in [4.78, 5) is 14.5. The molecule has 0 unspecified atom stereocenters. The number of aromatic hydroxyl groups is 2. The van der Waals surface area contributed by atoms with Gasteiger partial charge in [0.15, 0.2) is 18.3 Å². The Hall–Kier alpha value is -3.71. The first kappa shape index (κ1) is 47.3. The Kier molecular flexibility index (Phi) is 14.3. The minimum Gasteiger partial charge on any atom is -0.508 e. The lowest BCUT2D eigenvalue weighted by Crippen LogP contribution is -2.64. The molecule has 0 bridgehead atoms. The fraction of sp³-hybridized carbons (Fsp3) is 0.615. The molecule has 4 saturated heterocycles. The Balaban J connectivity index is 1.27. The highest BCUT2D eigenvalue weighted by Gasteiger charge is 2.53. The minimum atomic E-state index is -2.02. The van der Waals surface area contributed by atoms with E-state index in [-0.39, 0.29) is 22.5 Å². The quantitative estimate of drug-likeness (QED) is 0.0852. The molecular formula is C39H50O24. The maximum Gasteiger partial charge on any atom is 0.239 e. The van der Waals surface area contributed by atoms with Gasteiger partial charge < -0.3 is 114 Å². The highest BCUT2D eigenvalue weighted by atomic mass is 16.7. The third-order valence-corrected chi connectivity index (χ3v) is 11.6. The van der Waals surface area contributed by atoms with Gasteiger partial charge in [-0.15, -0.1) is 0 Å². The lowest BCUT2D eigenvalue weighted by Gasteiger charge is -2.46. The van der Waals surface area contributed by atoms with Gasteiger partial charge in [0.2, 0.25) is 17.5 Å². The van der Waals surface area contributed by atoms with Gasteiger partial charge in [0, 0.05) is 5.56 Å². The van der Waals surface area contributed by atoms with E-state index in [1.165, 1.54) is 31.2 Å². The largest absolute Gasteiger partial charge is 0.508 e. The fourth-order valence-corrected chi connectivity index (χ4v) is 7.93. The van der Waals surface area contributed by atoms with Crippen LogP contribution in [0.2, 0.25) is 0 Å². The molecule has 4 fully saturated rings. The van der Waals surface area contributed by atoms with Gasteiger partial charge >= 0.3 is 0 Å². The van der Waals surface area contributed by atoms with Crippen LogP contribution in [0.5, 0.6) is 17.2 Å². The highest BCUT2D eigenvalue weighted by molar-refractivity contribution is 5.88. The highest BCUT2D eigenvalue weighted by Crippen LogP contribution is 2.42. The number of fused-ring (bicyclic) bond motifs is 1. The van der Waals surface area contributed by atoms with E-state index in [1.54, 1.807) is 0 Å². The third kappa shape index (κ3) is 8.87. The van der Waals surface area contributed by atoms with E-state index in [0.717, 1.165) is 12.1 Å². The molecule has 0 spiro atoms. The number of rotatable bonds is 11. The van der Waals surface area contributed by atoms with Crippen molar-refractivity contribution in [2.45, 2.75) is 130 Å². The van der Waals surface area contributed by atoms with Crippen molar-refractivity contribution in [3.05, 3.63) is 52.2 Å². The summed E-state index contributed by atoms with van der Waals surface area (Å²) in [6.45, 7) is -1.15. The van der Waals surface area contributed by atoms with Crippen molar-refractivity contribution in [2.24, 2.45) is 0 Å². The average molecular weight is 903 g/mol. The number of benzene rings is 2. The fourth-order valence-electron chi connectivity index (χ4n) is 7.93. The van der Waals surface area contributed by atoms with Crippen LogP contribution in [0.3, 0.4) is 0 Å². The van der Waals surface area contributed by atoms with Gasteiger partial charge in [0.1, 0.15) is 120 Å².